The van der Waals surface area contributed by atoms with Crippen LogP contribution in [0.25, 0.3) is 0 Å². The molecule has 0 radical (unpaired) electrons. The zero-order valence-electron chi connectivity index (χ0n) is 9.86. The van der Waals surface area contributed by atoms with Crippen LogP contribution in [0.15, 0.2) is 18.2 Å². The Morgan fingerprint density at radius 3 is 3.00 bits per heavy atom. The van der Waals surface area contributed by atoms with Crippen LogP contribution in [0.5, 0.6) is 5.75 Å². The van der Waals surface area contributed by atoms with Gasteiger partial charge in [-0.05, 0) is 26.3 Å². The molecule has 0 spiro atoms. The highest BCUT2D eigenvalue weighted by Gasteiger charge is 2.23. The lowest BCUT2D eigenvalue weighted by molar-refractivity contribution is 0.113. The van der Waals surface area contributed by atoms with Crippen molar-refractivity contribution >= 4 is 0 Å². The van der Waals surface area contributed by atoms with Crippen LogP contribution in [0.3, 0.4) is 0 Å². The smallest absolute Gasteiger partial charge is 0.120 e. The SMILES string of the molecule is Cc1ccc(O)c(CNC2CCOC2C)c1. The maximum absolute atomic E-state index is 9.70. The lowest BCUT2D eigenvalue weighted by atomic mass is 10.1. The van der Waals surface area contributed by atoms with Gasteiger partial charge in [-0.3, -0.25) is 0 Å². The van der Waals surface area contributed by atoms with E-state index in [1.54, 1.807) is 6.07 Å². The molecule has 0 amide bonds. The highest BCUT2D eigenvalue weighted by molar-refractivity contribution is 5.35. The first kappa shape index (κ1) is 11.4. The summed E-state index contributed by atoms with van der Waals surface area (Å²) in [5.41, 5.74) is 2.13. The summed E-state index contributed by atoms with van der Waals surface area (Å²) in [6.45, 7) is 5.65. The fourth-order valence-corrected chi connectivity index (χ4v) is 2.10. The van der Waals surface area contributed by atoms with Gasteiger partial charge in [-0.25, -0.2) is 0 Å². The molecule has 0 aliphatic carbocycles. The first-order chi connectivity index (χ1) is 7.66. The maximum atomic E-state index is 9.70. The Morgan fingerprint density at radius 2 is 2.31 bits per heavy atom. The first-order valence-electron chi connectivity index (χ1n) is 5.80. The van der Waals surface area contributed by atoms with Gasteiger partial charge in [-0.2, -0.15) is 0 Å². The lowest BCUT2D eigenvalue weighted by Crippen LogP contribution is -2.34. The summed E-state index contributed by atoms with van der Waals surface area (Å²) >= 11 is 0. The van der Waals surface area contributed by atoms with E-state index in [1.165, 1.54) is 5.56 Å². The van der Waals surface area contributed by atoms with E-state index in [0.29, 0.717) is 18.3 Å². The molecular formula is C13H19NO2. The second kappa shape index (κ2) is 4.85. The average molecular weight is 221 g/mol. The standard InChI is InChI=1S/C13H19NO2/c1-9-3-4-13(15)11(7-9)8-14-12-5-6-16-10(12)2/h3-4,7,10,12,14-15H,5-6,8H2,1-2H3. The van der Waals surface area contributed by atoms with Crippen LogP contribution in [-0.4, -0.2) is 23.9 Å². The van der Waals surface area contributed by atoms with Gasteiger partial charge in [0, 0.05) is 24.8 Å². The van der Waals surface area contributed by atoms with Crippen molar-refractivity contribution in [3.8, 4) is 5.75 Å². The van der Waals surface area contributed by atoms with E-state index in [2.05, 4.69) is 12.2 Å². The predicted molar refractivity (Wildman–Crippen MR) is 63.5 cm³/mol. The number of hydrogen-bond acceptors (Lipinski definition) is 3. The molecule has 1 aromatic rings. The van der Waals surface area contributed by atoms with Gasteiger partial charge in [-0.15, -0.1) is 0 Å². The molecule has 0 saturated carbocycles. The Hall–Kier alpha value is -1.06. The topological polar surface area (TPSA) is 41.5 Å². The molecule has 2 N–H and O–H groups in total. The van der Waals surface area contributed by atoms with Gasteiger partial charge in [0.25, 0.3) is 0 Å². The number of aromatic hydroxyl groups is 1. The molecule has 1 fully saturated rings. The monoisotopic (exact) mass is 221 g/mol. The van der Waals surface area contributed by atoms with Crippen LogP contribution >= 0.6 is 0 Å². The van der Waals surface area contributed by atoms with Crippen molar-refractivity contribution < 1.29 is 9.84 Å². The van der Waals surface area contributed by atoms with E-state index in [0.717, 1.165) is 18.6 Å². The number of ether oxygens (including phenoxy) is 1. The molecule has 3 nitrogen and oxygen atoms in total. The molecule has 0 aromatic heterocycles. The largest absolute Gasteiger partial charge is 0.508 e. The molecule has 2 unspecified atom stereocenters. The van der Waals surface area contributed by atoms with Crippen molar-refractivity contribution in [2.45, 2.75) is 39.0 Å². The summed E-state index contributed by atoms with van der Waals surface area (Å²) in [5, 5.41) is 13.1. The molecular weight excluding hydrogens is 202 g/mol. The van der Waals surface area contributed by atoms with Gasteiger partial charge in [0.05, 0.1) is 6.10 Å². The number of phenolic OH excluding ortho intramolecular Hbond substituents is 1. The van der Waals surface area contributed by atoms with Gasteiger partial charge in [0.1, 0.15) is 5.75 Å². The molecule has 1 heterocycles. The second-order valence-corrected chi connectivity index (χ2v) is 4.48. The number of aryl methyl sites for hydroxylation is 1. The third-order valence-electron chi connectivity index (χ3n) is 3.17. The normalized spacial score (nSPS) is 24.9. The Labute approximate surface area is 96.4 Å². The van der Waals surface area contributed by atoms with Crippen molar-refractivity contribution in [3.05, 3.63) is 29.3 Å². The van der Waals surface area contributed by atoms with Gasteiger partial charge in [-0.1, -0.05) is 17.7 Å². The van der Waals surface area contributed by atoms with Crippen molar-refractivity contribution in [2.24, 2.45) is 0 Å². The van der Waals surface area contributed by atoms with E-state index >= 15 is 0 Å². The Morgan fingerprint density at radius 1 is 1.50 bits per heavy atom. The lowest BCUT2D eigenvalue weighted by Gasteiger charge is -2.16. The molecule has 2 rings (SSSR count). The zero-order chi connectivity index (χ0) is 11.5. The number of nitrogens with one attached hydrogen (secondary N) is 1. The van der Waals surface area contributed by atoms with Crippen LogP contribution in [0.4, 0.5) is 0 Å². The Kier molecular flexibility index (Phi) is 3.46. The minimum atomic E-state index is 0.270. The molecule has 16 heavy (non-hydrogen) atoms. The minimum Gasteiger partial charge on any atom is -0.508 e. The van der Waals surface area contributed by atoms with Crippen LogP contribution in [-0.2, 0) is 11.3 Å². The van der Waals surface area contributed by atoms with Crippen LogP contribution in [0.2, 0.25) is 0 Å². The zero-order valence-corrected chi connectivity index (χ0v) is 9.86. The fraction of sp³-hybridized carbons (Fsp3) is 0.538. The van der Waals surface area contributed by atoms with E-state index < -0.39 is 0 Å². The van der Waals surface area contributed by atoms with Gasteiger partial charge in [0.15, 0.2) is 0 Å². The number of rotatable bonds is 3. The summed E-state index contributed by atoms with van der Waals surface area (Å²) in [6.07, 6.45) is 1.32. The second-order valence-electron chi connectivity index (χ2n) is 4.48. The fourth-order valence-electron chi connectivity index (χ4n) is 2.10. The average Bonchev–Trinajstić information content (AvgIpc) is 2.66. The molecule has 88 valence electrons. The van der Waals surface area contributed by atoms with Crippen molar-refractivity contribution in [3.63, 3.8) is 0 Å². The molecule has 1 aliphatic rings. The molecule has 0 bridgehead atoms. The summed E-state index contributed by atoms with van der Waals surface area (Å²) < 4.78 is 5.48. The third-order valence-corrected chi connectivity index (χ3v) is 3.17. The molecule has 1 aliphatic heterocycles. The van der Waals surface area contributed by atoms with Crippen molar-refractivity contribution in [2.75, 3.05) is 6.61 Å². The Bertz CT molecular complexity index is 365. The van der Waals surface area contributed by atoms with E-state index in [1.807, 2.05) is 19.1 Å². The predicted octanol–water partition coefficient (Wildman–Crippen LogP) is 1.97. The van der Waals surface area contributed by atoms with Crippen molar-refractivity contribution in [1.82, 2.24) is 5.32 Å². The molecule has 3 heteroatoms. The first-order valence-corrected chi connectivity index (χ1v) is 5.80. The number of hydrogen-bond donors (Lipinski definition) is 2. The van der Waals surface area contributed by atoms with Gasteiger partial charge in [0.2, 0.25) is 0 Å². The van der Waals surface area contributed by atoms with E-state index in [-0.39, 0.29) is 6.10 Å². The molecule has 1 aromatic carbocycles. The van der Waals surface area contributed by atoms with Crippen LogP contribution < -0.4 is 5.32 Å². The number of benzene rings is 1. The summed E-state index contributed by atoms with van der Waals surface area (Å²) in [7, 11) is 0. The summed E-state index contributed by atoms with van der Waals surface area (Å²) in [6, 6.07) is 6.09. The summed E-state index contributed by atoms with van der Waals surface area (Å²) in [5.74, 6) is 0.365. The molecule has 1 saturated heterocycles. The van der Waals surface area contributed by atoms with Gasteiger partial charge < -0.3 is 15.2 Å². The third kappa shape index (κ3) is 2.54. The highest BCUT2D eigenvalue weighted by atomic mass is 16.5. The van der Waals surface area contributed by atoms with E-state index in [4.69, 9.17) is 4.74 Å². The minimum absolute atomic E-state index is 0.270. The maximum Gasteiger partial charge on any atom is 0.120 e. The van der Waals surface area contributed by atoms with Crippen molar-refractivity contribution in [1.29, 1.82) is 0 Å². The number of phenols is 1. The highest BCUT2D eigenvalue weighted by Crippen LogP contribution is 2.19. The van der Waals surface area contributed by atoms with Crippen LogP contribution in [0.1, 0.15) is 24.5 Å². The quantitative estimate of drug-likeness (QED) is 0.820. The van der Waals surface area contributed by atoms with Crippen LogP contribution in [0, 0.1) is 6.92 Å². The molecule has 2 atom stereocenters. The van der Waals surface area contributed by atoms with E-state index in [9.17, 15) is 5.11 Å². The Balaban J connectivity index is 1.96. The van der Waals surface area contributed by atoms with Gasteiger partial charge >= 0.3 is 0 Å². The summed E-state index contributed by atoms with van der Waals surface area (Å²) in [4.78, 5) is 0.